The summed E-state index contributed by atoms with van der Waals surface area (Å²) in [4.78, 5) is 11.3. The minimum absolute atomic E-state index is 0.0272. The van der Waals surface area contributed by atoms with Crippen LogP contribution in [-0.4, -0.2) is 30.2 Å². The second-order valence-corrected chi connectivity index (χ2v) is 4.70. The van der Waals surface area contributed by atoms with Crippen molar-refractivity contribution in [2.24, 2.45) is 5.73 Å². The molecule has 1 unspecified atom stereocenters. The third-order valence-corrected chi connectivity index (χ3v) is 3.29. The summed E-state index contributed by atoms with van der Waals surface area (Å²) in [6.07, 6.45) is 1.34. The zero-order chi connectivity index (χ0) is 14.3. The molecule has 0 spiro atoms. The second kappa shape index (κ2) is 7.11. The Morgan fingerprint density at radius 3 is 2.53 bits per heavy atom. The maximum atomic E-state index is 11.3. The van der Waals surface area contributed by atoms with Crippen LogP contribution in [0, 0.1) is 0 Å². The number of hydrogen-bond acceptors (Lipinski definition) is 4. The van der Waals surface area contributed by atoms with Crippen molar-refractivity contribution in [2.75, 3.05) is 13.7 Å². The van der Waals surface area contributed by atoms with Crippen LogP contribution in [0.15, 0.2) is 24.3 Å². The molecule has 106 valence electrons. The number of nitrogens with one attached hydrogen (secondary N) is 1. The fourth-order valence-corrected chi connectivity index (χ4v) is 1.68. The molecule has 1 atom stereocenters. The van der Waals surface area contributed by atoms with Gasteiger partial charge in [-0.05, 0) is 44.5 Å². The van der Waals surface area contributed by atoms with Gasteiger partial charge < -0.3 is 20.9 Å². The van der Waals surface area contributed by atoms with Gasteiger partial charge in [-0.25, -0.2) is 0 Å². The van der Waals surface area contributed by atoms with E-state index in [0.717, 1.165) is 17.7 Å². The SMILES string of the molecule is CNC(C)(CCCOc1ccc(CO)cc1)C(N)=O. The molecule has 0 fully saturated rings. The number of aliphatic hydroxyl groups is 1. The lowest BCUT2D eigenvalue weighted by molar-refractivity contribution is -0.123. The fraction of sp³-hybridized carbons (Fsp3) is 0.500. The van der Waals surface area contributed by atoms with Gasteiger partial charge in [0.15, 0.2) is 0 Å². The van der Waals surface area contributed by atoms with Crippen molar-refractivity contribution in [3.63, 3.8) is 0 Å². The summed E-state index contributed by atoms with van der Waals surface area (Å²) < 4.78 is 5.56. The van der Waals surface area contributed by atoms with E-state index in [9.17, 15) is 4.79 Å². The molecule has 0 aliphatic heterocycles. The van der Waals surface area contributed by atoms with E-state index >= 15 is 0 Å². The van der Waals surface area contributed by atoms with Crippen LogP contribution in [0.2, 0.25) is 0 Å². The Hall–Kier alpha value is -1.59. The summed E-state index contributed by atoms with van der Waals surface area (Å²) in [6, 6.07) is 7.26. The molecule has 0 bridgehead atoms. The van der Waals surface area contributed by atoms with E-state index in [2.05, 4.69) is 5.32 Å². The predicted octanol–water partition coefficient (Wildman–Crippen LogP) is 0.801. The summed E-state index contributed by atoms with van der Waals surface area (Å²) >= 11 is 0. The highest BCUT2D eigenvalue weighted by Crippen LogP contribution is 2.15. The Kier molecular flexibility index (Phi) is 5.79. The number of hydrogen-bond donors (Lipinski definition) is 3. The van der Waals surface area contributed by atoms with Crippen molar-refractivity contribution in [1.29, 1.82) is 0 Å². The minimum atomic E-state index is -0.690. The smallest absolute Gasteiger partial charge is 0.237 e. The van der Waals surface area contributed by atoms with Gasteiger partial charge in [-0.1, -0.05) is 12.1 Å². The summed E-state index contributed by atoms with van der Waals surface area (Å²) in [7, 11) is 1.72. The van der Waals surface area contributed by atoms with Crippen molar-refractivity contribution in [3.05, 3.63) is 29.8 Å². The highest BCUT2D eigenvalue weighted by Gasteiger charge is 2.27. The van der Waals surface area contributed by atoms with Crippen LogP contribution in [0.5, 0.6) is 5.75 Å². The number of benzene rings is 1. The van der Waals surface area contributed by atoms with Crippen LogP contribution >= 0.6 is 0 Å². The number of likely N-dealkylation sites (N-methyl/N-ethyl adjacent to an activating group) is 1. The van der Waals surface area contributed by atoms with Crippen molar-refractivity contribution in [2.45, 2.75) is 31.9 Å². The number of carbonyl (C=O) groups is 1. The van der Waals surface area contributed by atoms with Crippen LogP contribution in [0.4, 0.5) is 0 Å². The average Bonchev–Trinajstić information content (AvgIpc) is 2.43. The van der Waals surface area contributed by atoms with Gasteiger partial charge in [0, 0.05) is 0 Å². The molecule has 0 saturated carbocycles. The maximum absolute atomic E-state index is 11.3. The van der Waals surface area contributed by atoms with E-state index < -0.39 is 5.54 Å². The van der Waals surface area contributed by atoms with Crippen molar-refractivity contribution < 1.29 is 14.6 Å². The first kappa shape index (κ1) is 15.5. The van der Waals surface area contributed by atoms with Crippen LogP contribution in [-0.2, 0) is 11.4 Å². The third kappa shape index (κ3) is 4.54. The molecule has 0 aromatic heterocycles. The molecule has 0 aliphatic carbocycles. The maximum Gasteiger partial charge on any atom is 0.237 e. The summed E-state index contributed by atoms with van der Waals surface area (Å²) in [5, 5.41) is 11.9. The molecule has 1 amide bonds. The molecule has 1 aromatic carbocycles. The first-order valence-electron chi connectivity index (χ1n) is 6.33. The van der Waals surface area contributed by atoms with E-state index in [0.29, 0.717) is 13.0 Å². The lowest BCUT2D eigenvalue weighted by Crippen LogP contribution is -2.51. The predicted molar refractivity (Wildman–Crippen MR) is 73.8 cm³/mol. The standard InChI is InChI=1S/C14H22N2O3/c1-14(16-2,13(15)18)8-3-9-19-12-6-4-11(10-17)5-7-12/h4-7,16-17H,3,8-10H2,1-2H3,(H2,15,18). The molecule has 4 N–H and O–H groups in total. The lowest BCUT2D eigenvalue weighted by Gasteiger charge is -2.25. The van der Waals surface area contributed by atoms with Gasteiger partial charge in [-0.15, -0.1) is 0 Å². The van der Waals surface area contributed by atoms with Gasteiger partial charge in [0.1, 0.15) is 5.75 Å². The normalized spacial score (nSPS) is 13.8. The number of aliphatic hydroxyl groups excluding tert-OH is 1. The van der Waals surface area contributed by atoms with E-state index in [1.165, 1.54) is 0 Å². The van der Waals surface area contributed by atoms with Crippen LogP contribution < -0.4 is 15.8 Å². The zero-order valence-electron chi connectivity index (χ0n) is 11.5. The molecule has 0 heterocycles. The summed E-state index contributed by atoms with van der Waals surface area (Å²) in [5.74, 6) is 0.393. The number of amides is 1. The number of carbonyl (C=O) groups excluding carboxylic acids is 1. The van der Waals surface area contributed by atoms with E-state index in [-0.39, 0.29) is 12.5 Å². The minimum Gasteiger partial charge on any atom is -0.494 e. The van der Waals surface area contributed by atoms with Crippen LogP contribution in [0.25, 0.3) is 0 Å². The Bertz CT molecular complexity index is 406. The highest BCUT2D eigenvalue weighted by atomic mass is 16.5. The molecular formula is C14H22N2O3. The molecule has 0 saturated heterocycles. The molecule has 5 nitrogen and oxygen atoms in total. The summed E-state index contributed by atoms with van der Waals surface area (Å²) in [5.41, 5.74) is 5.50. The quantitative estimate of drug-likeness (QED) is 0.608. The number of nitrogens with two attached hydrogens (primary N) is 1. The Labute approximate surface area is 113 Å². The van der Waals surface area contributed by atoms with Crippen molar-refractivity contribution in [1.82, 2.24) is 5.32 Å². The number of primary amides is 1. The largest absolute Gasteiger partial charge is 0.494 e. The zero-order valence-corrected chi connectivity index (χ0v) is 11.5. The van der Waals surface area contributed by atoms with Crippen molar-refractivity contribution in [3.8, 4) is 5.75 Å². The topological polar surface area (TPSA) is 84.6 Å². The van der Waals surface area contributed by atoms with Gasteiger partial charge in [0.05, 0.1) is 18.8 Å². The number of rotatable bonds is 8. The first-order chi connectivity index (χ1) is 9.01. The monoisotopic (exact) mass is 266 g/mol. The van der Waals surface area contributed by atoms with Gasteiger partial charge >= 0.3 is 0 Å². The summed E-state index contributed by atoms with van der Waals surface area (Å²) in [6.45, 7) is 2.33. The molecule has 5 heteroatoms. The Balaban J connectivity index is 2.35. The van der Waals surface area contributed by atoms with Crippen LogP contribution in [0.1, 0.15) is 25.3 Å². The first-order valence-corrected chi connectivity index (χ1v) is 6.33. The van der Waals surface area contributed by atoms with Crippen LogP contribution in [0.3, 0.4) is 0 Å². The van der Waals surface area contributed by atoms with Gasteiger partial charge in [0.2, 0.25) is 5.91 Å². The fourth-order valence-electron chi connectivity index (χ4n) is 1.68. The second-order valence-electron chi connectivity index (χ2n) is 4.70. The third-order valence-electron chi connectivity index (χ3n) is 3.29. The van der Waals surface area contributed by atoms with Gasteiger partial charge in [0.25, 0.3) is 0 Å². The molecule has 1 rings (SSSR count). The Morgan fingerprint density at radius 2 is 2.05 bits per heavy atom. The highest BCUT2D eigenvalue weighted by molar-refractivity contribution is 5.84. The number of ether oxygens (including phenoxy) is 1. The Morgan fingerprint density at radius 1 is 1.42 bits per heavy atom. The van der Waals surface area contributed by atoms with E-state index in [1.54, 1.807) is 14.0 Å². The van der Waals surface area contributed by atoms with Gasteiger partial charge in [-0.3, -0.25) is 4.79 Å². The van der Waals surface area contributed by atoms with E-state index in [4.69, 9.17) is 15.6 Å². The molecule has 0 radical (unpaired) electrons. The van der Waals surface area contributed by atoms with E-state index in [1.807, 2.05) is 24.3 Å². The lowest BCUT2D eigenvalue weighted by atomic mass is 9.95. The molecule has 0 aliphatic rings. The molecule has 19 heavy (non-hydrogen) atoms. The van der Waals surface area contributed by atoms with Crippen molar-refractivity contribution >= 4 is 5.91 Å². The average molecular weight is 266 g/mol. The van der Waals surface area contributed by atoms with Gasteiger partial charge in [-0.2, -0.15) is 0 Å². The molecular weight excluding hydrogens is 244 g/mol. The molecule has 1 aromatic rings.